The molecule has 0 unspecified atom stereocenters. The van der Waals surface area contributed by atoms with Crippen LogP contribution in [0.3, 0.4) is 0 Å². The molecule has 0 saturated heterocycles. The first kappa shape index (κ1) is 23.8. The van der Waals surface area contributed by atoms with Crippen molar-refractivity contribution in [3.63, 3.8) is 0 Å². The second kappa shape index (κ2) is 14.3. The van der Waals surface area contributed by atoms with Gasteiger partial charge in [0.2, 0.25) is 5.71 Å². The van der Waals surface area contributed by atoms with E-state index in [0.717, 1.165) is 27.8 Å². The zero-order chi connectivity index (χ0) is 38.2. The van der Waals surface area contributed by atoms with Gasteiger partial charge in [-0.3, -0.25) is 0 Å². The smallest absolute Gasteiger partial charge is 0.216 e. The van der Waals surface area contributed by atoms with Crippen molar-refractivity contribution in [2.24, 2.45) is 0 Å². The van der Waals surface area contributed by atoms with E-state index in [-0.39, 0.29) is 48.9 Å². The Kier molecular flexibility index (Phi) is 7.42. The number of aromatic nitrogens is 3. The molecule has 3 aromatic carbocycles. The second-order valence-corrected chi connectivity index (χ2v) is 11.7. The Bertz CT molecular complexity index is 2350. The van der Waals surface area contributed by atoms with Crippen LogP contribution in [0, 0.1) is 25.8 Å². The number of fused-ring (bicyclic) bond motifs is 3. The van der Waals surface area contributed by atoms with E-state index in [1.807, 2.05) is 60.7 Å². The molecule has 233 valence electrons. The molecule has 7 rings (SSSR count). The van der Waals surface area contributed by atoms with Gasteiger partial charge >= 0.3 is 0 Å². The summed E-state index contributed by atoms with van der Waals surface area (Å²) >= 11 is 0. The van der Waals surface area contributed by atoms with Gasteiger partial charge < -0.3 is 14.4 Å². The van der Waals surface area contributed by atoms with E-state index in [2.05, 4.69) is 47.9 Å². The summed E-state index contributed by atoms with van der Waals surface area (Å²) in [5.41, 5.74) is 6.37. The maximum Gasteiger partial charge on any atom is 0.216 e. The number of benzene rings is 3. The van der Waals surface area contributed by atoms with E-state index >= 15 is 0 Å². The van der Waals surface area contributed by atoms with Gasteiger partial charge in [-0.15, -0.1) is 54.1 Å². The van der Waals surface area contributed by atoms with E-state index in [1.165, 1.54) is 12.3 Å². The predicted molar refractivity (Wildman–Crippen MR) is 184 cm³/mol. The van der Waals surface area contributed by atoms with Crippen molar-refractivity contribution in [3.05, 3.63) is 150 Å². The first-order chi connectivity index (χ1) is 24.9. The molecule has 0 bridgehead atoms. The summed E-state index contributed by atoms with van der Waals surface area (Å²) in [5, 5.41) is 1.50. The number of hydrogen-bond acceptors (Lipinski definition) is 4. The van der Waals surface area contributed by atoms with Gasteiger partial charge in [0, 0.05) is 54.5 Å². The molecule has 0 N–H and O–H groups in total. The third-order valence-electron chi connectivity index (χ3n) is 7.38. The molecule has 4 nitrogen and oxygen atoms in total. The summed E-state index contributed by atoms with van der Waals surface area (Å²) in [6, 6.07) is 35.2. The van der Waals surface area contributed by atoms with E-state index < -0.39 is 20.1 Å². The van der Waals surface area contributed by atoms with E-state index in [1.54, 1.807) is 36.5 Å². The Labute approximate surface area is 296 Å². The second-order valence-electron chi connectivity index (χ2n) is 11.7. The summed E-state index contributed by atoms with van der Waals surface area (Å²) < 4.78 is 68.1. The van der Waals surface area contributed by atoms with Crippen molar-refractivity contribution in [2.45, 2.75) is 52.7 Å². The van der Waals surface area contributed by atoms with Crippen LogP contribution in [-0.4, -0.2) is 15.0 Å². The van der Waals surface area contributed by atoms with Gasteiger partial charge in [0.25, 0.3) is 0 Å². The molecule has 0 saturated carbocycles. The summed E-state index contributed by atoms with van der Waals surface area (Å²) in [6.07, 6.45) is 1.66. The van der Waals surface area contributed by atoms with Gasteiger partial charge in [-0.25, -0.2) is 4.98 Å². The Morgan fingerprint density at radius 3 is 2.39 bits per heavy atom. The minimum absolute atomic E-state index is 0. The van der Waals surface area contributed by atoms with Gasteiger partial charge in [0.1, 0.15) is 0 Å². The summed E-state index contributed by atoms with van der Waals surface area (Å²) in [5.74, 6) is 0. The molecule has 0 aliphatic heterocycles. The number of pyridine rings is 3. The molecule has 46 heavy (non-hydrogen) atoms. The molecule has 0 fully saturated rings. The maximum atomic E-state index is 8.75. The Morgan fingerprint density at radius 2 is 1.67 bits per heavy atom. The normalized spacial score (nSPS) is 14.6. The van der Waals surface area contributed by atoms with Crippen molar-refractivity contribution in [1.29, 1.82) is 0 Å². The van der Waals surface area contributed by atoms with Crippen LogP contribution in [0.5, 0.6) is 0 Å². The fourth-order valence-corrected chi connectivity index (χ4v) is 4.93. The summed E-state index contributed by atoms with van der Waals surface area (Å²) in [7, 11) is 0. The molecule has 0 amide bonds. The van der Waals surface area contributed by atoms with Crippen LogP contribution in [0.4, 0.5) is 0 Å². The van der Waals surface area contributed by atoms with E-state index in [0.29, 0.717) is 27.8 Å². The first-order valence-corrected chi connectivity index (χ1v) is 14.6. The van der Waals surface area contributed by atoms with Crippen LogP contribution in [0.1, 0.15) is 59.7 Å². The molecule has 0 aliphatic carbocycles. The van der Waals surface area contributed by atoms with Crippen LogP contribution < -0.4 is 0 Å². The molecular formula is C41H37IrN3O-2. The van der Waals surface area contributed by atoms with Crippen LogP contribution >= 0.6 is 0 Å². The molecule has 0 spiro atoms. The quantitative estimate of drug-likeness (QED) is 0.163. The van der Waals surface area contributed by atoms with Crippen molar-refractivity contribution in [3.8, 4) is 22.5 Å². The van der Waals surface area contributed by atoms with Crippen molar-refractivity contribution < 1.29 is 35.5 Å². The number of aryl methyl sites for hydroxylation is 4. The molecule has 4 aromatic heterocycles. The molecule has 0 aliphatic rings. The molecule has 0 atom stereocenters. The fourth-order valence-electron chi connectivity index (χ4n) is 4.93. The van der Waals surface area contributed by atoms with Crippen LogP contribution in [0.15, 0.2) is 114 Å². The standard InChI is InChI=1S/C29H27N2O.C12H10N.Ir/c1-19-8-15-24-23-6-5-7-25(27(23)32-28(24)31-19)26-18-21(16-17-30-26)10-9-20-11-13-22(14-12-20)29(2,3)4;1-10-7-8-12(13-9-10)11-5-3-2-4-6-11;/h5-6,8,11-18H,9-10H2,1-4H3;2-5,7-9H,1H3;/q2*-1;/i1D3,9D2;1D3;. The zero-order valence-corrected chi connectivity index (χ0v) is 28.1. The zero-order valence-electron chi connectivity index (χ0n) is 33.7. The molecule has 1 radical (unpaired) electrons. The number of nitrogens with zero attached hydrogens (tertiary/aromatic N) is 3. The summed E-state index contributed by atoms with van der Waals surface area (Å²) in [4.78, 5) is 12.9. The number of rotatable bonds is 5. The molecule has 4 heterocycles. The van der Waals surface area contributed by atoms with Crippen molar-refractivity contribution in [2.75, 3.05) is 0 Å². The van der Waals surface area contributed by atoms with Gasteiger partial charge in [-0.1, -0.05) is 79.7 Å². The molecule has 5 heteroatoms. The van der Waals surface area contributed by atoms with E-state index in [9.17, 15) is 0 Å². The van der Waals surface area contributed by atoms with Gasteiger partial charge in [-0.2, -0.15) is 0 Å². The maximum absolute atomic E-state index is 8.75. The Hall–Kier alpha value is -4.44. The topological polar surface area (TPSA) is 51.8 Å². The van der Waals surface area contributed by atoms with Crippen LogP contribution in [-0.2, 0) is 38.3 Å². The Morgan fingerprint density at radius 1 is 0.804 bits per heavy atom. The fraction of sp³-hybridized carbons (Fsp3) is 0.195. The minimum atomic E-state index is -2.33. The average molecular weight is 788 g/mol. The predicted octanol–water partition coefficient (Wildman–Crippen LogP) is 10.1. The number of furan rings is 1. The van der Waals surface area contributed by atoms with Gasteiger partial charge in [-0.05, 0) is 78.2 Å². The van der Waals surface area contributed by atoms with E-state index in [4.69, 9.17) is 15.4 Å². The largest absolute Gasteiger partial charge is 0.486 e. The monoisotopic (exact) mass is 788 g/mol. The molecule has 7 aromatic rings. The Balaban J connectivity index is 0.000000276. The average Bonchev–Trinajstić information content (AvgIpc) is 3.50. The van der Waals surface area contributed by atoms with Gasteiger partial charge in [0.15, 0.2) is 0 Å². The molecular weight excluding hydrogens is 743 g/mol. The number of hydrogen-bond donors (Lipinski definition) is 0. The third-order valence-corrected chi connectivity index (χ3v) is 7.38. The minimum Gasteiger partial charge on any atom is -0.486 e. The van der Waals surface area contributed by atoms with Crippen LogP contribution in [0.2, 0.25) is 0 Å². The first-order valence-electron chi connectivity index (χ1n) is 18.6. The van der Waals surface area contributed by atoms with Gasteiger partial charge in [0.05, 0.1) is 5.58 Å². The van der Waals surface area contributed by atoms with Crippen LogP contribution in [0.25, 0.3) is 44.6 Å². The summed E-state index contributed by atoms with van der Waals surface area (Å²) in [6.45, 7) is 1.99. The van der Waals surface area contributed by atoms with Crippen molar-refractivity contribution in [1.82, 2.24) is 15.0 Å². The SMILES string of the molecule is [2H]C([2H])([2H])c1ccc(-c2[c-]cccc2)nc1.[2H]C([2H])([2H])c1ccc2c(n1)oc1c(-c3cc(CC([2H])([2H])c4ccc(C(C)(C)C)cc4)ccn3)[c-]ccc12.[Ir]. The third kappa shape index (κ3) is 7.67. The van der Waals surface area contributed by atoms with Crippen molar-refractivity contribution >= 4 is 22.1 Å².